The Kier molecular flexibility index (Phi) is 8.83. The van der Waals surface area contributed by atoms with Gasteiger partial charge in [-0.05, 0) is 63.7 Å². The average molecular weight is 434 g/mol. The second kappa shape index (κ2) is 11.1. The fourth-order valence-electron chi connectivity index (χ4n) is 2.72. The highest BCUT2D eigenvalue weighted by atomic mass is 32.2. The van der Waals surface area contributed by atoms with E-state index in [4.69, 9.17) is 4.74 Å². The van der Waals surface area contributed by atoms with Gasteiger partial charge in [0.2, 0.25) is 15.9 Å². The van der Waals surface area contributed by atoms with Crippen molar-refractivity contribution < 1.29 is 17.9 Å². The second-order valence-electron chi connectivity index (χ2n) is 7.44. The SMILES string of the molecule is CC(C)N(C)S(=O)(=O)c1ccc(NC(=O)CN(C)CCCOc2ccccc2)cc1. The van der Waals surface area contributed by atoms with Gasteiger partial charge in [-0.15, -0.1) is 0 Å². The predicted octanol–water partition coefficient (Wildman–Crippen LogP) is 3.05. The Hall–Kier alpha value is -2.42. The first-order valence-electron chi connectivity index (χ1n) is 9.94. The smallest absolute Gasteiger partial charge is 0.243 e. The van der Waals surface area contributed by atoms with E-state index in [0.29, 0.717) is 12.3 Å². The van der Waals surface area contributed by atoms with Gasteiger partial charge in [-0.1, -0.05) is 18.2 Å². The van der Waals surface area contributed by atoms with Crippen LogP contribution >= 0.6 is 0 Å². The van der Waals surface area contributed by atoms with E-state index in [2.05, 4.69) is 5.32 Å². The maximum Gasteiger partial charge on any atom is 0.243 e. The summed E-state index contributed by atoms with van der Waals surface area (Å²) in [6.07, 6.45) is 0.800. The van der Waals surface area contributed by atoms with Crippen molar-refractivity contribution in [1.29, 1.82) is 0 Å². The Labute approximate surface area is 179 Å². The molecule has 8 heteroatoms. The van der Waals surface area contributed by atoms with Crippen LogP contribution in [0.15, 0.2) is 59.5 Å². The molecule has 7 nitrogen and oxygen atoms in total. The largest absolute Gasteiger partial charge is 0.494 e. The number of anilines is 1. The number of hydrogen-bond acceptors (Lipinski definition) is 5. The molecule has 0 aliphatic carbocycles. The molecule has 1 amide bonds. The lowest BCUT2D eigenvalue weighted by atomic mass is 10.3. The summed E-state index contributed by atoms with van der Waals surface area (Å²) in [6.45, 7) is 5.17. The molecular formula is C22H31N3O4S. The minimum Gasteiger partial charge on any atom is -0.494 e. The molecule has 0 fully saturated rings. The number of sulfonamides is 1. The lowest BCUT2D eigenvalue weighted by Crippen LogP contribution is -2.33. The highest BCUT2D eigenvalue weighted by Gasteiger charge is 2.22. The van der Waals surface area contributed by atoms with Crippen LogP contribution in [0.1, 0.15) is 20.3 Å². The Bertz CT molecular complexity index is 900. The van der Waals surface area contributed by atoms with E-state index < -0.39 is 10.0 Å². The minimum absolute atomic E-state index is 0.136. The number of carbonyl (C=O) groups excluding carboxylic acids is 1. The third-order valence-corrected chi connectivity index (χ3v) is 6.70. The number of nitrogens with one attached hydrogen (secondary N) is 1. The van der Waals surface area contributed by atoms with Gasteiger partial charge in [-0.2, -0.15) is 4.31 Å². The lowest BCUT2D eigenvalue weighted by molar-refractivity contribution is -0.117. The maximum atomic E-state index is 12.5. The average Bonchev–Trinajstić information content (AvgIpc) is 2.71. The van der Waals surface area contributed by atoms with Crippen LogP contribution in [0.3, 0.4) is 0 Å². The molecule has 164 valence electrons. The summed E-state index contributed by atoms with van der Waals surface area (Å²) < 4.78 is 31.9. The summed E-state index contributed by atoms with van der Waals surface area (Å²) in [5, 5.41) is 2.80. The Morgan fingerprint density at radius 2 is 1.67 bits per heavy atom. The van der Waals surface area contributed by atoms with Crippen LogP contribution in [0.25, 0.3) is 0 Å². The Morgan fingerprint density at radius 1 is 1.03 bits per heavy atom. The lowest BCUT2D eigenvalue weighted by Gasteiger charge is -2.21. The summed E-state index contributed by atoms with van der Waals surface area (Å²) in [4.78, 5) is 14.4. The van der Waals surface area contributed by atoms with Crippen LogP contribution < -0.4 is 10.1 Å². The first-order valence-corrected chi connectivity index (χ1v) is 11.4. The number of nitrogens with zero attached hydrogens (tertiary/aromatic N) is 2. The van der Waals surface area contributed by atoms with Crippen molar-refractivity contribution in [3.05, 3.63) is 54.6 Å². The molecule has 0 atom stereocenters. The molecule has 0 spiro atoms. The number of hydrogen-bond donors (Lipinski definition) is 1. The van der Waals surface area contributed by atoms with Gasteiger partial charge in [0.15, 0.2) is 0 Å². The van der Waals surface area contributed by atoms with Gasteiger partial charge >= 0.3 is 0 Å². The van der Waals surface area contributed by atoms with Gasteiger partial charge in [0.1, 0.15) is 5.75 Å². The quantitative estimate of drug-likeness (QED) is 0.551. The highest BCUT2D eigenvalue weighted by Crippen LogP contribution is 2.19. The van der Waals surface area contributed by atoms with Crippen molar-refractivity contribution in [2.45, 2.75) is 31.2 Å². The third kappa shape index (κ3) is 7.12. The molecule has 0 saturated heterocycles. The zero-order chi connectivity index (χ0) is 22.1. The summed E-state index contributed by atoms with van der Waals surface area (Å²) in [5.74, 6) is 0.680. The molecule has 0 saturated carbocycles. The van der Waals surface area contributed by atoms with Crippen molar-refractivity contribution >= 4 is 21.6 Å². The monoisotopic (exact) mass is 433 g/mol. The van der Waals surface area contributed by atoms with Gasteiger partial charge in [-0.3, -0.25) is 9.69 Å². The number of rotatable bonds is 11. The number of para-hydroxylation sites is 1. The summed E-state index contributed by atoms with van der Waals surface area (Å²) in [7, 11) is -0.108. The van der Waals surface area contributed by atoms with E-state index in [1.165, 1.54) is 16.4 Å². The van der Waals surface area contributed by atoms with Crippen LogP contribution in [-0.2, 0) is 14.8 Å². The molecule has 0 heterocycles. The van der Waals surface area contributed by atoms with Crippen molar-refractivity contribution in [3.63, 3.8) is 0 Å². The molecule has 2 aromatic rings. The first kappa shape index (κ1) is 23.9. The minimum atomic E-state index is -3.53. The van der Waals surface area contributed by atoms with Crippen LogP contribution in [-0.4, -0.2) is 63.4 Å². The van der Waals surface area contributed by atoms with E-state index >= 15 is 0 Å². The third-order valence-electron chi connectivity index (χ3n) is 4.65. The first-order chi connectivity index (χ1) is 14.2. The molecule has 0 aliphatic rings. The number of carbonyl (C=O) groups is 1. The number of amides is 1. The zero-order valence-electron chi connectivity index (χ0n) is 18.0. The molecule has 0 bridgehead atoms. The van der Waals surface area contributed by atoms with Crippen molar-refractivity contribution in [3.8, 4) is 5.75 Å². The highest BCUT2D eigenvalue weighted by molar-refractivity contribution is 7.89. The van der Waals surface area contributed by atoms with E-state index in [1.54, 1.807) is 19.2 Å². The van der Waals surface area contributed by atoms with E-state index in [-0.39, 0.29) is 23.4 Å². The fourth-order valence-corrected chi connectivity index (χ4v) is 4.09. The molecule has 30 heavy (non-hydrogen) atoms. The summed E-state index contributed by atoms with van der Waals surface area (Å²) in [6, 6.07) is 15.7. The van der Waals surface area contributed by atoms with Crippen LogP contribution in [0.4, 0.5) is 5.69 Å². The number of likely N-dealkylation sites (N-methyl/N-ethyl adjacent to an activating group) is 1. The Balaban J connectivity index is 1.77. The summed E-state index contributed by atoms with van der Waals surface area (Å²) >= 11 is 0. The van der Waals surface area contributed by atoms with Crippen LogP contribution in [0, 0.1) is 0 Å². The second-order valence-corrected chi connectivity index (χ2v) is 9.44. The molecule has 0 radical (unpaired) electrons. The molecule has 0 unspecified atom stereocenters. The molecular weight excluding hydrogens is 402 g/mol. The normalized spacial score (nSPS) is 11.8. The summed E-state index contributed by atoms with van der Waals surface area (Å²) in [5.41, 5.74) is 0.562. The molecule has 2 aromatic carbocycles. The predicted molar refractivity (Wildman–Crippen MR) is 119 cm³/mol. The van der Waals surface area contributed by atoms with Crippen molar-refractivity contribution in [2.75, 3.05) is 39.1 Å². The maximum absolute atomic E-state index is 12.5. The number of benzene rings is 2. The van der Waals surface area contributed by atoms with Gasteiger partial charge in [0.05, 0.1) is 18.0 Å². The molecule has 0 aliphatic heterocycles. The fraction of sp³-hybridized carbons (Fsp3) is 0.409. The Morgan fingerprint density at radius 3 is 2.27 bits per heavy atom. The van der Waals surface area contributed by atoms with Gasteiger partial charge in [0.25, 0.3) is 0 Å². The van der Waals surface area contributed by atoms with Gasteiger partial charge in [0, 0.05) is 25.3 Å². The van der Waals surface area contributed by atoms with E-state index in [9.17, 15) is 13.2 Å². The topological polar surface area (TPSA) is 79.0 Å². The van der Waals surface area contributed by atoms with Crippen LogP contribution in [0.2, 0.25) is 0 Å². The van der Waals surface area contributed by atoms with Crippen molar-refractivity contribution in [1.82, 2.24) is 9.21 Å². The number of ether oxygens (including phenoxy) is 1. The van der Waals surface area contributed by atoms with Crippen LogP contribution in [0.5, 0.6) is 5.75 Å². The van der Waals surface area contributed by atoms with Gasteiger partial charge < -0.3 is 10.1 Å². The van der Waals surface area contributed by atoms with E-state index in [1.807, 2.05) is 56.1 Å². The standard InChI is InChI=1S/C22H31N3O4S/c1-18(2)25(4)30(27,28)21-13-11-19(12-14-21)23-22(26)17-24(3)15-8-16-29-20-9-6-5-7-10-20/h5-7,9-14,18H,8,15-17H2,1-4H3,(H,23,26). The van der Waals surface area contributed by atoms with Gasteiger partial charge in [-0.25, -0.2) is 8.42 Å². The molecule has 2 rings (SSSR count). The van der Waals surface area contributed by atoms with E-state index in [0.717, 1.165) is 18.7 Å². The zero-order valence-corrected chi connectivity index (χ0v) is 18.9. The van der Waals surface area contributed by atoms with Crippen molar-refractivity contribution in [2.24, 2.45) is 0 Å². The molecule has 0 aromatic heterocycles. The molecule has 1 N–H and O–H groups in total.